The monoisotopic (exact) mass is 647 g/mol. The van der Waals surface area contributed by atoms with Crippen molar-refractivity contribution in [3.05, 3.63) is 89.1 Å². The Balaban J connectivity index is 1.22. The van der Waals surface area contributed by atoms with Gasteiger partial charge in [0.25, 0.3) is 5.91 Å². The number of alkyl halides is 3. The molecule has 0 unspecified atom stereocenters. The SMILES string of the molecule is Cc1noc(C)c1NC(=O)c1ccc2c(-c3nc(N[C@H]4CC[C@H](C)N(C(=O)OCc5ccccc5)C4)ncc3C(F)(F)F)c[nH]c2c1. The molecule has 244 valence electrons. The number of piperidine rings is 1. The van der Waals surface area contributed by atoms with Crippen molar-refractivity contribution >= 4 is 34.5 Å². The van der Waals surface area contributed by atoms with Crippen molar-refractivity contribution in [3.63, 3.8) is 0 Å². The second-order valence-corrected chi connectivity index (χ2v) is 11.5. The molecule has 6 rings (SSSR count). The van der Waals surface area contributed by atoms with Crippen molar-refractivity contribution in [2.45, 2.75) is 58.5 Å². The summed E-state index contributed by atoms with van der Waals surface area (Å²) in [7, 11) is 0. The summed E-state index contributed by atoms with van der Waals surface area (Å²) >= 11 is 0. The zero-order valence-corrected chi connectivity index (χ0v) is 25.8. The number of benzene rings is 2. The number of fused-ring (bicyclic) bond motifs is 1. The number of hydrogen-bond donors (Lipinski definition) is 3. The average molecular weight is 648 g/mol. The predicted octanol–water partition coefficient (Wildman–Crippen LogP) is 7.10. The van der Waals surface area contributed by atoms with Crippen LogP contribution in [-0.2, 0) is 17.5 Å². The molecule has 2 aromatic carbocycles. The lowest BCUT2D eigenvalue weighted by Gasteiger charge is -2.37. The first-order chi connectivity index (χ1) is 22.5. The summed E-state index contributed by atoms with van der Waals surface area (Å²) in [6.07, 6.45) is -1.72. The van der Waals surface area contributed by atoms with Crippen LogP contribution in [0.1, 0.15) is 52.7 Å². The summed E-state index contributed by atoms with van der Waals surface area (Å²) in [4.78, 5) is 38.8. The van der Waals surface area contributed by atoms with Gasteiger partial charge in [0.1, 0.15) is 23.6 Å². The molecule has 1 saturated heterocycles. The first kappa shape index (κ1) is 31.6. The van der Waals surface area contributed by atoms with E-state index in [0.717, 1.165) is 11.8 Å². The Labute approximate surface area is 267 Å². The Morgan fingerprint density at radius 1 is 1.13 bits per heavy atom. The number of amides is 2. The standard InChI is InChI=1S/C33H32F3N7O4/c1-18-9-11-23(16-43(18)32(45)46-17-21-7-5-4-6-8-21)39-31-38-15-26(33(34,35)36)29(41-31)25-14-37-27-13-22(10-12-24(25)27)30(44)40-28-19(2)42-47-20(28)3/h4-8,10,12-15,18,23,37H,9,11,16-17H2,1-3H3,(H,40,44)(H,38,39,41)/t18-,23-/m0/s1. The summed E-state index contributed by atoms with van der Waals surface area (Å²) in [6.45, 7) is 5.69. The lowest BCUT2D eigenvalue weighted by atomic mass is 10.00. The van der Waals surface area contributed by atoms with Crippen LogP contribution in [0.3, 0.4) is 0 Å². The van der Waals surface area contributed by atoms with Gasteiger partial charge in [0, 0.05) is 53.1 Å². The molecule has 0 radical (unpaired) electrons. The van der Waals surface area contributed by atoms with Gasteiger partial charge in [-0.05, 0) is 51.3 Å². The number of aryl methyl sites for hydroxylation is 2. The number of aromatic amines is 1. The van der Waals surface area contributed by atoms with E-state index in [2.05, 4.69) is 30.7 Å². The number of nitrogens with zero attached hydrogens (tertiary/aromatic N) is 4. The maximum atomic E-state index is 14.2. The number of rotatable bonds is 7. The zero-order valence-electron chi connectivity index (χ0n) is 25.8. The van der Waals surface area contributed by atoms with Gasteiger partial charge < -0.3 is 29.8 Å². The Bertz CT molecular complexity index is 1900. The maximum absolute atomic E-state index is 14.2. The molecule has 47 heavy (non-hydrogen) atoms. The number of carbonyl (C=O) groups is 2. The van der Waals surface area contributed by atoms with Crippen LogP contribution < -0.4 is 10.6 Å². The first-order valence-electron chi connectivity index (χ1n) is 15.0. The second-order valence-electron chi connectivity index (χ2n) is 11.5. The number of carbonyl (C=O) groups excluding carboxylic acids is 2. The van der Waals surface area contributed by atoms with Crippen molar-refractivity contribution in [2.24, 2.45) is 0 Å². The number of anilines is 2. The molecule has 0 spiro atoms. The van der Waals surface area contributed by atoms with Crippen molar-refractivity contribution in [3.8, 4) is 11.3 Å². The molecule has 14 heteroatoms. The molecule has 0 aliphatic carbocycles. The molecular weight excluding hydrogens is 615 g/mol. The lowest BCUT2D eigenvalue weighted by Crippen LogP contribution is -2.50. The van der Waals surface area contributed by atoms with Crippen LogP contribution in [0.2, 0.25) is 0 Å². The van der Waals surface area contributed by atoms with Crippen LogP contribution in [0.4, 0.5) is 29.6 Å². The van der Waals surface area contributed by atoms with E-state index in [1.165, 1.54) is 12.3 Å². The van der Waals surface area contributed by atoms with Crippen LogP contribution >= 0.6 is 0 Å². The van der Waals surface area contributed by atoms with Gasteiger partial charge in [-0.1, -0.05) is 41.6 Å². The Hall–Kier alpha value is -5.40. The minimum Gasteiger partial charge on any atom is -0.445 e. The van der Waals surface area contributed by atoms with Crippen LogP contribution in [0.15, 0.2) is 65.4 Å². The fourth-order valence-electron chi connectivity index (χ4n) is 5.64. The van der Waals surface area contributed by atoms with Crippen molar-refractivity contribution in [1.82, 2.24) is 25.0 Å². The summed E-state index contributed by atoms with van der Waals surface area (Å²) in [5, 5.41) is 10.2. The fraction of sp³-hybridized carbons (Fsp3) is 0.303. The lowest BCUT2D eigenvalue weighted by molar-refractivity contribution is -0.137. The van der Waals surface area contributed by atoms with Crippen LogP contribution in [0.5, 0.6) is 0 Å². The molecule has 1 fully saturated rings. The van der Waals surface area contributed by atoms with Gasteiger partial charge in [0.05, 0.1) is 5.69 Å². The van der Waals surface area contributed by atoms with E-state index in [4.69, 9.17) is 9.26 Å². The molecule has 4 heterocycles. The molecule has 5 aromatic rings. The molecule has 2 amide bonds. The van der Waals surface area contributed by atoms with E-state index in [0.29, 0.717) is 40.9 Å². The second kappa shape index (κ2) is 12.8. The summed E-state index contributed by atoms with van der Waals surface area (Å²) < 4.78 is 53.2. The van der Waals surface area contributed by atoms with E-state index >= 15 is 0 Å². The Kier molecular flexibility index (Phi) is 8.58. The number of ether oxygens (including phenoxy) is 1. The van der Waals surface area contributed by atoms with Gasteiger partial charge in [-0.3, -0.25) is 4.79 Å². The summed E-state index contributed by atoms with van der Waals surface area (Å²) in [6, 6.07) is 13.6. The van der Waals surface area contributed by atoms with Gasteiger partial charge in [-0.25, -0.2) is 14.8 Å². The molecular formula is C33H32F3N7O4. The van der Waals surface area contributed by atoms with Gasteiger partial charge >= 0.3 is 12.3 Å². The molecule has 1 aliphatic heterocycles. The van der Waals surface area contributed by atoms with Crippen molar-refractivity contribution < 1.29 is 32.0 Å². The number of halogens is 3. The van der Waals surface area contributed by atoms with Crippen LogP contribution in [-0.4, -0.2) is 55.6 Å². The highest BCUT2D eigenvalue weighted by molar-refractivity contribution is 6.08. The largest absolute Gasteiger partial charge is 0.445 e. The molecule has 3 N–H and O–H groups in total. The van der Waals surface area contributed by atoms with Gasteiger partial charge in [0.15, 0.2) is 5.76 Å². The van der Waals surface area contributed by atoms with Gasteiger partial charge in [0.2, 0.25) is 5.95 Å². The third-order valence-electron chi connectivity index (χ3n) is 8.22. The summed E-state index contributed by atoms with van der Waals surface area (Å²) in [5.41, 5.74) is 1.43. The molecule has 2 atom stereocenters. The van der Waals surface area contributed by atoms with Gasteiger partial charge in [-0.15, -0.1) is 0 Å². The van der Waals surface area contributed by atoms with Crippen LogP contribution in [0, 0.1) is 13.8 Å². The number of nitrogens with one attached hydrogen (secondary N) is 3. The number of aromatic nitrogens is 4. The Morgan fingerprint density at radius 3 is 2.64 bits per heavy atom. The number of H-pyrrole nitrogens is 1. The third-order valence-corrected chi connectivity index (χ3v) is 8.22. The highest BCUT2D eigenvalue weighted by atomic mass is 19.4. The topological polar surface area (TPSA) is 138 Å². The van der Waals surface area contributed by atoms with Crippen molar-refractivity contribution in [2.75, 3.05) is 17.2 Å². The number of hydrogen-bond acceptors (Lipinski definition) is 8. The Morgan fingerprint density at radius 2 is 1.91 bits per heavy atom. The summed E-state index contributed by atoms with van der Waals surface area (Å²) in [5.74, 6) is 0.0158. The molecule has 11 nitrogen and oxygen atoms in total. The van der Waals surface area contributed by atoms with E-state index in [1.54, 1.807) is 30.9 Å². The third kappa shape index (κ3) is 6.76. The minimum absolute atomic E-state index is 0.00466. The smallest absolute Gasteiger partial charge is 0.419 e. The first-order valence-corrected chi connectivity index (χ1v) is 15.0. The van der Waals surface area contributed by atoms with E-state index < -0.39 is 23.7 Å². The quantitative estimate of drug-likeness (QED) is 0.170. The van der Waals surface area contributed by atoms with E-state index in [1.807, 2.05) is 37.3 Å². The van der Waals surface area contributed by atoms with E-state index in [-0.39, 0.29) is 48.0 Å². The zero-order chi connectivity index (χ0) is 33.3. The molecule has 0 bridgehead atoms. The van der Waals surface area contributed by atoms with Crippen molar-refractivity contribution in [1.29, 1.82) is 0 Å². The van der Waals surface area contributed by atoms with Crippen LogP contribution in [0.25, 0.3) is 22.2 Å². The molecule has 3 aromatic heterocycles. The normalized spacial score (nSPS) is 16.7. The highest BCUT2D eigenvalue weighted by Crippen LogP contribution is 2.39. The highest BCUT2D eigenvalue weighted by Gasteiger charge is 2.37. The minimum atomic E-state index is -4.73. The average Bonchev–Trinajstić information content (AvgIpc) is 3.62. The predicted molar refractivity (Wildman–Crippen MR) is 168 cm³/mol. The maximum Gasteiger partial charge on any atom is 0.419 e. The van der Waals surface area contributed by atoms with Gasteiger partial charge in [-0.2, -0.15) is 13.2 Å². The van der Waals surface area contributed by atoms with E-state index in [9.17, 15) is 22.8 Å². The molecule has 0 saturated carbocycles. The fourth-order valence-corrected chi connectivity index (χ4v) is 5.64. The number of likely N-dealkylation sites (tertiary alicyclic amines) is 1. The molecule has 1 aliphatic rings.